The van der Waals surface area contributed by atoms with Gasteiger partial charge in [-0.25, -0.2) is 9.18 Å². The fraction of sp³-hybridized carbons (Fsp3) is 0.520. The van der Waals surface area contributed by atoms with Gasteiger partial charge in [-0.1, -0.05) is 32.1 Å². The summed E-state index contributed by atoms with van der Waals surface area (Å²) in [4.78, 5) is 24.8. The van der Waals surface area contributed by atoms with Crippen molar-refractivity contribution in [2.24, 2.45) is 0 Å². The van der Waals surface area contributed by atoms with Gasteiger partial charge >= 0.3 is 5.97 Å². The van der Waals surface area contributed by atoms with Crippen LogP contribution in [0.25, 0.3) is 17.0 Å². The maximum atomic E-state index is 15.0. The number of ether oxygens (including phenoxy) is 1. The molecule has 2 saturated carbocycles. The van der Waals surface area contributed by atoms with Crippen molar-refractivity contribution in [2.75, 3.05) is 11.9 Å². The number of aromatic nitrogens is 1. The fourth-order valence-corrected chi connectivity index (χ4v) is 4.92. The average Bonchev–Trinajstić information content (AvgIpc) is 3.30. The summed E-state index contributed by atoms with van der Waals surface area (Å²) in [5.41, 5.74) is 1.33. The van der Waals surface area contributed by atoms with Crippen molar-refractivity contribution in [1.29, 1.82) is 0 Å². The van der Waals surface area contributed by atoms with Crippen LogP contribution in [-0.2, 0) is 9.53 Å². The molecular weight excluding hydrogens is 395 g/mol. The zero-order valence-electron chi connectivity index (χ0n) is 18.2. The summed E-state index contributed by atoms with van der Waals surface area (Å²) in [7, 11) is 0. The smallest absolute Gasteiger partial charge is 0.330 e. The van der Waals surface area contributed by atoms with Crippen LogP contribution in [0.15, 0.2) is 29.2 Å². The van der Waals surface area contributed by atoms with E-state index < -0.39 is 11.8 Å². The number of nitrogens with one attached hydrogen (secondary N) is 1. The third-order valence-corrected chi connectivity index (χ3v) is 6.52. The highest BCUT2D eigenvalue weighted by Gasteiger charge is 2.22. The Bertz CT molecular complexity index is 1030. The Labute approximate surface area is 182 Å². The number of esters is 1. The number of hydrogen-bond acceptors (Lipinski definition) is 4. The SMILES string of the molecule is CCOC(=O)C=Cc1cn(C2CCCC2)c2cc(NC3CCCCC3)c(F)cc2c1=O. The molecule has 0 bridgehead atoms. The van der Waals surface area contributed by atoms with Gasteiger partial charge in [-0.3, -0.25) is 4.79 Å². The van der Waals surface area contributed by atoms with Crippen LogP contribution in [0.4, 0.5) is 10.1 Å². The van der Waals surface area contributed by atoms with Crippen molar-refractivity contribution in [2.45, 2.75) is 76.8 Å². The van der Waals surface area contributed by atoms with Crippen LogP contribution in [0, 0.1) is 5.82 Å². The third kappa shape index (κ3) is 4.83. The quantitative estimate of drug-likeness (QED) is 0.484. The molecular formula is C25H31FN2O3. The van der Waals surface area contributed by atoms with Crippen molar-refractivity contribution < 1.29 is 13.9 Å². The molecule has 0 atom stereocenters. The Hall–Kier alpha value is -2.63. The van der Waals surface area contributed by atoms with E-state index in [1.54, 1.807) is 13.0 Å². The van der Waals surface area contributed by atoms with E-state index in [1.165, 1.54) is 24.6 Å². The lowest BCUT2D eigenvalue weighted by Gasteiger charge is -2.25. The molecule has 31 heavy (non-hydrogen) atoms. The van der Waals surface area contributed by atoms with E-state index in [-0.39, 0.29) is 24.1 Å². The predicted octanol–water partition coefficient (Wildman–Crippen LogP) is 5.58. The highest BCUT2D eigenvalue weighted by atomic mass is 19.1. The topological polar surface area (TPSA) is 60.3 Å². The number of carbonyl (C=O) groups excluding carboxylic acids is 1. The normalized spacial score (nSPS) is 18.1. The van der Waals surface area contributed by atoms with Crippen LogP contribution in [0.2, 0.25) is 0 Å². The van der Waals surface area contributed by atoms with Crippen molar-refractivity contribution in [3.63, 3.8) is 0 Å². The summed E-state index contributed by atoms with van der Waals surface area (Å²) < 4.78 is 22.0. The van der Waals surface area contributed by atoms with Crippen molar-refractivity contribution in [3.05, 3.63) is 46.0 Å². The van der Waals surface area contributed by atoms with E-state index in [1.807, 2.05) is 6.20 Å². The molecule has 0 saturated heterocycles. The maximum Gasteiger partial charge on any atom is 0.330 e. The molecule has 0 spiro atoms. The van der Waals surface area contributed by atoms with Gasteiger partial charge in [-0.05, 0) is 50.8 Å². The van der Waals surface area contributed by atoms with Crippen molar-refractivity contribution in [1.82, 2.24) is 4.57 Å². The first kappa shape index (κ1) is 21.6. The number of fused-ring (bicyclic) bond motifs is 1. The molecule has 0 radical (unpaired) electrons. The van der Waals surface area contributed by atoms with Crippen LogP contribution < -0.4 is 10.7 Å². The number of nitrogens with zero attached hydrogens (tertiary/aromatic N) is 1. The Balaban J connectivity index is 1.78. The van der Waals surface area contributed by atoms with Crippen LogP contribution in [0.1, 0.15) is 76.3 Å². The van der Waals surface area contributed by atoms with Gasteiger partial charge in [-0.2, -0.15) is 0 Å². The molecule has 0 aliphatic heterocycles. The zero-order valence-corrected chi connectivity index (χ0v) is 18.2. The summed E-state index contributed by atoms with van der Waals surface area (Å²) in [6, 6.07) is 3.71. The summed E-state index contributed by atoms with van der Waals surface area (Å²) in [5, 5.41) is 3.73. The number of anilines is 1. The average molecular weight is 427 g/mol. The van der Waals surface area contributed by atoms with Gasteiger partial charge in [0.2, 0.25) is 0 Å². The molecule has 2 fully saturated rings. The minimum atomic E-state index is -0.493. The molecule has 0 unspecified atom stereocenters. The van der Waals surface area contributed by atoms with E-state index in [0.717, 1.165) is 56.9 Å². The highest BCUT2D eigenvalue weighted by molar-refractivity contribution is 5.89. The summed E-state index contributed by atoms with van der Waals surface area (Å²) >= 11 is 0. The largest absolute Gasteiger partial charge is 0.463 e. The molecule has 6 heteroatoms. The molecule has 2 aromatic rings. The predicted molar refractivity (Wildman–Crippen MR) is 122 cm³/mol. The lowest BCUT2D eigenvalue weighted by molar-refractivity contribution is -0.137. The van der Waals surface area contributed by atoms with Gasteiger partial charge in [0, 0.05) is 35.3 Å². The maximum absolute atomic E-state index is 15.0. The molecule has 1 aromatic heterocycles. The zero-order chi connectivity index (χ0) is 21.8. The molecule has 0 amide bonds. The molecule has 1 aromatic carbocycles. The van der Waals surface area contributed by atoms with E-state index in [9.17, 15) is 9.59 Å². The lowest BCUT2D eigenvalue weighted by atomic mass is 9.95. The lowest BCUT2D eigenvalue weighted by Crippen LogP contribution is -2.23. The summed E-state index contributed by atoms with van der Waals surface area (Å²) in [6.45, 7) is 2.01. The first-order valence-electron chi connectivity index (χ1n) is 11.6. The number of carbonyl (C=O) groups is 1. The number of hydrogen-bond donors (Lipinski definition) is 1. The van der Waals surface area contributed by atoms with Gasteiger partial charge in [0.1, 0.15) is 5.82 Å². The van der Waals surface area contributed by atoms with Crippen LogP contribution >= 0.6 is 0 Å². The van der Waals surface area contributed by atoms with Gasteiger partial charge in [0.05, 0.1) is 17.8 Å². The second-order valence-electron chi connectivity index (χ2n) is 8.67. The van der Waals surface area contributed by atoms with E-state index in [2.05, 4.69) is 9.88 Å². The Morgan fingerprint density at radius 3 is 2.58 bits per heavy atom. The number of rotatable bonds is 6. The number of benzene rings is 1. The fourth-order valence-electron chi connectivity index (χ4n) is 4.92. The molecule has 2 aliphatic carbocycles. The van der Waals surface area contributed by atoms with Gasteiger partial charge in [-0.15, -0.1) is 0 Å². The van der Waals surface area contributed by atoms with Crippen LogP contribution in [0.5, 0.6) is 0 Å². The monoisotopic (exact) mass is 426 g/mol. The molecule has 166 valence electrons. The Morgan fingerprint density at radius 1 is 1.16 bits per heavy atom. The molecule has 5 nitrogen and oxygen atoms in total. The molecule has 4 rings (SSSR count). The summed E-state index contributed by atoms with van der Waals surface area (Å²) in [6.07, 6.45) is 14.6. The van der Waals surface area contributed by atoms with Gasteiger partial charge in [0.15, 0.2) is 5.43 Å². The number of pyridine rings is 1. The highest BCUT2D eigenvalue weighted by Crippen LogP contribution is 2.34. The van der Waals surface area contributed by atoms with E-state index >= 15 is 4.39 Å². The molecule has 2 aliphatic rings. The third-order valence-electron chi connectivity index (χ3n) is 6.52. The standard InChI is InChI=1S/C25H31FN2O3/c1-2-31-24(29)13-12-17-16-28(19-10-6-7-11-19)23-15-22(21(26)14-20(23)25(17)30)27-18-8-4-3-5-9-18/h12-16,18-19,27H,2-11H2,1H3. The minimum absolute atomic E-state index is 0.269. The number of halogens is 1. The Kier molecular flexibility index (Phi) is 6.73. The van der Waals surface area contributed by atoms with Crippen molar-refractivity contribution in [3.8, 4) is 0 Å². The molecule has 1 heterocycles. The van der Waals surface area contributed by atoms with Gasteiger partial charge < -0.3 is 14.6 Å². The Morgan fingerprint density at radius 2 is 1.87 bits per heavy atom. The summed E-state index contributed by atoms with van der Waals surface area (Å²) in [5.74, 6) is -0.896. The van der Waals surface area contributed by atoms with Crippen LogP contribution in [0.3, 0.4) is 0 Å². The van der Waals surface area contributed by atoms with E-state index in [0.29, 0.717) is 16.6 Å². The first-order chi connectivity index (χ1) is 15.1. The van der Waals surface area contributed by atoms with Gasteiger partial charge in [0.25, 0.3) is 0 Å². The van der Waals surface area contributed by atoms with Crippen LogP contribution in [-0.4, -0.2) is 23.2 Å². The molecule has 1 N–H and O–H groups in total. The van der Waals surface area contributed by atoms with E-state index in [4.69, 9.17) is 4.74 Å². The minimum Gasteiger partial charge on any atom is -0.463 e. The second-order valence-corrected chi connectivity index (χ2v) is 8.67. The second kappa shape index (κ2) is 9.67. The first-order valence-corrected chi connectivity index (χ1v) is 11.6. The van der Waals surface area contributed by atoms with Crippen molar-refractivity contribution >= 4 is 28.6 Å².